The number of nitrogens with one attached hydrogen (secondary N) is 2. The zero-order valence-electron chi connectivity index (χ0n) is 44.4. The lowest BCUT2D eigenvalue weighted by Gasteiger charge is -2.07. The van der Waals surface area contributed by atoms with E-state index in [0.717, 1.165) is 66.6 Å². The maximum atomic E-state index is 9.81. The van der Waals surface area contributed by atoms with Gasteiger partial charge < -0.3 is 30.4 Å². The Morgan fingerprint density at radius 2 is 0.381 bits per heavy atom. The van der Waals surface area contributed by atoms with Gasteiger partial charge in [-0.05, 0) is 216 Å². The summed E-state index contributed by atoms with van der Waals surface area (Å²) in [5.41, 5.74) is 17.8. The molecule has 2 aliphatic heterocycles. The Balaban J connectivity index is 1.01. The number of aromatic hydroxyl groups is 4. The van der Waals surface area contributed by atoms with Crippen molar-refractivity contribution in [1.29, 1.82) is 0 Å². The monoisotopic (exact) mass is 1090 g/mol. The van der Waals surface area contributed by atoms with Crippen molar-refractivity contribution in [3.8, 4) is 67.5 Å². The Labute approximate surface area is 479 Å². The number of fused-ring (bicyclic) bond motifs is 8. The van der Waals surface area contributed by atoms with Crippen LogP contribution in [0.4, 0.5) is 45.5 Å². The zero-order chi connectivity index (χ0) is 56.9. The first-order valence-electron chi connectivity index (χ1n) is 26.6. The number of phenols is 4. The fourth-order valence-corrected chi connectivity index (χ4v) is 9.74. The Hall–Kier alpha value is -12.0. The van der Waals surface area contributed by atoms with E-state index in [-0.39, 0.29) is 23.0 Å². The first-order chi connectivity index (χ1) is 41.2. The Kier molecular flexibility index (Phi) is 13.8. The standard InChI is InChI=1S/C68H46N12O4/c81-53-25-17-49(18-26-53)77-73-45-9-1-41(2-10-45)65-57-33-35-59(69-57)66(42-3-11-46(12-4-42)74-78-50-19-27-54(82)28-20-50)61-37-39-63(71-61)68(44-7-15-48(16-8-44)76-80-52-23-31-56(84)32-24-52)64-40-38-62(72-64)67(60-36-34-58(65)70-60)43-5-13-47(14-6-43)75-79-51-21-29-55(83)30-22-51/h1-40,69,72,81-84H. The number of phenolic OH excluding ortho intramolecular Hbond substituents is 4. The number of azo groups is 4. The third kappa shape index (κ3) is 11.3. The average molecular weight is 1100 g/mol. The van der Waals surface area contributed by atoms with Crippen LogP contribution < -0.4 is 0 Å². The number of aromatic amines is 2. The van der Waals surface area contributed by atoms with Gasteiger partial charge in [0.1, 0.15) is 23.0 Å². The van der Waals surface area contributed by atoms with Crippen molar-refractivity contribution < 1.29 is 20.4 Å². The van der Waals surface area contributed by atoms with Crippen LogP contribution in [0.3, 0.4) is 0 Å². The molecular weight excluding hydrogens is 1050 g/mol. The number of hydrogen-bond acceptors (Lipinski definition) is 14. The lowest BCUT2D eigenvalue weighted by molar-refractivity contribution is 0.475. The van der Waals surface area contributed by atoms with Crippen LogP contribution in [0.25, 0.3) is 90.9 Å². The summed E-state index contributed by atoms with van der Waals surface area (Å²) in [4.78, 5) is 18.6. The summed E-state index contributed by atoms with van der Waals surface area (Å²) in [7, 11) is 0. The van der Waals surface area contributed by atoms with Crippen molar-refractivity contribution in [3.63, 3.8) is 0 Å². The van der Waals surface area contributed by atoms with E-state index < -0.39 is 0 Å². The molecule has 0 fully saturated rings. The molecule has 8 bridgehead atoms. The Morgan fingerprint density at radius 1 is 0.214 bits per heavy atom. The van der Waals surface area contributed by atoms with Gasteiger partial charge in [0.15, 0.2) is 0 Å². The number of hydrogen-bond donors (Lipinski definition) is 6. The van der Waals surface area contributed by atoms with Crippen molar-refractivity contribution in [2.45, 2.75) is 0 Å². The van der Waals surface area contributed by atoms with E-state index in [9.17, 15) is 20.4 Å². The number of benzene rings is 8. The third-order valence-electron chi connectivity index (χ3n) is 13.9. The highest BCUT2D eigenvalue weighted by molar-refractivity contribution is 6.00. The summed E-state index contributed by atoms with van der Waals surface area (Å²) in [6.45, 7) is 0. The predicted octanol–water partition coefficient (Wildman–Crippen LogP) is 19.8. The highest BCUT2D eigenvalue weighted by Gasteiger charge is 2.20. The van der Waals surface area contributed by atoms with Gasteiger partial charge >= 0.3 is 0 Å². The molecule has 6 N–H and O–H groups in total. The molecule has 16 nitrogen and oxygen atoms in total. The van der Waals surface area contributed by atoms with Crippen LogP contribution in [0.1, 0.15) is 22.8 Å². The smallest absolute Gasteiger partial charge is 0.115 e. The first-order valence-corrected chi connectivity index (χ1v) is 26.6. The second-order valence-electron chi connectivity index (χ2n) is 19.6. The molecule has 2 aliphatic rings. The maximum absolute atomic E-state index is 9.81. The van der Waals surface area contributed by atoms with Crippen molar-refractivity contribution in [2.75, 3.05) is 0 Å². The molecule has 0 unspecified atom stereocenters. The van der Waals surface area contributed by atoms with Gasteiger partial charge in [0, 0.05) is 44.3 Å². The van der Waals surface area contributed by atoms with Gasteiger partial charge in [-0.15, -0.1) is 0 Å². The molecule has 8 aromatic carbocycles. The highest BCUT2D eigenvalue weighted by atomic mass is 16.3. The predicted molar refractivity (Wildman–Crippen MR) is 330 cm³/mol. The van der Waals surface area contributed by atoms with Gasteiger partial charge in [0.2, 0.25) is 0 Å². The molecule has 0 aliphatic carbocycles. The van der Waals surface area contributed by atoms with E-state index in [0.29, 0.717) is 68.3 Å². The topological polar surface area (TPSA) is 237 Å². The van der Waals surface area contributed by atoms with Crippen molar-refractivity contribution in [2.24, 2.45) is 40.9 Å². The summed E-state index contributed by atoms with van der Waals surface area (Å²) in [6.07, 6.45) is 8.13. The molecular formula is C68H46N12O4. The molecule has 0 radical (unpaired) electrons. The molecule has 16 heteroatoms. The molecule has 0 spiro atoms. The van der Waals surface area contributed by atoms with Gasteiger partial charge in [-0.25, -0.2) is 9.97 Å². The van der Waals surface area contributed by atoms with Gasteiger partial charge in [0.25, 0.3) is 0 Å². The van der Waals surface area contributed by atoms with Crippen molar-refractivity contribution in [1.82, 2.24) is 19.9 Å². The SMILES string of the molecule is Oc1ccc(N=Nc2ccc(-c3c4nc(c(-c5ccc(N=Nc6ccc(O)cc6)cc5)c5ccc([nH]5)c(-c5ccc(N=Nc6ccc(O)cc6)cc5)c5nc(c(-c6ccc(N=Nc7ccc(O)cc7)cc6)c6ccc3[nH]6)C=C5)C=C4)cc2)cc1. The van der Waals surface area contributed by atoms with E-state index in [1.807, 2.05) is 121 Å². The molecule has 5 heterocycles. The molecule has 0 atom stereocenters. The summed E-state index contributed by atoms with van der Waals surface area (Å²) >= 11 is 0. The number of nitrogens with zero attached hydrogens (tertiary/aromatic N) is 10. The summed E-state index contributed by atoms with van der Waals surface area (Å²) in [5.74, 6) is 0.594. The van der Waals surface area contributed by atoms with E-state index in [4.69, 9.17) is 9.97 Å². The zero-order valence-corrected chi connectivity index (χ0v) is 44.4. The quantitative estimate of drug-likeness (QED) is 0.0650. The van der Waals surface area contributed by atoms with Gasteiger partial charge in [-0.3, -0.25) is 0 Å². The second-order valence-corrected chi connectivity index (χ2v) is 19.6. The number of aromatic nitrogens is 4. The number of rotatable bonds is 12. The van der Waals surface area contributed by atoms with E-state index >= 15 is 0 Å². The van der Waals surface area contributed by atoms with E-state index in [2.05, 4.69) is 75.1 Å². The van der Waals surface area contributed by atoms with Gasteiger partial charge in [0.05, 0.1) is 68.3 Å². The van der Waals surface area contributed by atoms with Gasteiger partial charge in [-0.2, -0.15) is 40.9 Å². The van der Waals surface area contributed by atoms with E-state index in [1.54, 1.807) is 97.1 Å². The van der Waals surface area contributed by atoms with Crippen LogP contribution in [0, 0.1) is 0 Å². The number of H-pyrrole nitrogens is 2. The molecule has 0 saturated heterocycles. The van der Waals surface area contributed by atoms with Crippen LogP contribution >= 0.6 is 0 Å². The Morgan fingerprint density at radius 3 is 0.560 bits per heavy atom. The Bertz CT molecular complexity index is 4040. The normalized spacial score (nSPS) is 12.2. The molecule has 13 rings (SSSR count). The fraction of sp³-hybridized carbons (Fsp3) is 0. The summed E-state index contributed by atoms with van der Waals surface area (Å²) in [5, 5.41) is 74.8. The van der Waals surface area contributed by atoms with Crippen molar-refractivity contribution in [3.05, 3.63) is 241 Å². The molecule has 402 valence electrons. The molecule has 0 amide bonds. The first kappa shape index (κ1) is 51.4. The fourth-order valence-electron chi connectivity index (χ4n) is 9.74. The van der Waals surface area contributed by atoms with Crippen LogP contribution in [-0.2, 0) is 0 Å². The van der Waals surface area contributed by atoms with Crippen molar-refractivity contribution >= 4 is 91.9 Å². The van der Waals surface area contributed by atoms with E-state index in [1.165, 1.54) is 0 Å². The van der Waals surface area contributed by atoms with Crippen LogP contribution in [0.2, 0.25) is 0 Å². The van der Waals surface area contributed by atoms with Crippen LogP contribution in [0.15, 0.2) is 259 Å². The molecule has 11 aromatic rings. The third-order valence-corrected chi connectivity index (χ3v) is 13.9. The maximum Gasteiger partial charge on any atom is 0.115 e. The summed E-state index contributed by atoms with van der Waals surface area (Å²) in [6, 6.07) is 65.7. The lowest BCUT2D eigenvalue weighted by atomic mass is 10.0. The molecule has 0 saturated carbocycles. The van der Waals surface area contributed by atoms with Crippen LogP contribution in [0.5, 0.6) is 23.0 Å². The minimum Gasteiger partial charge on any atom is -0.508 e. The largest absolute Gasteiger partial charge is 0.508 e. The molecule has 3 aromatic heterocycles. The minimum atomic E-state index is 0.149. The average Bonchev–Trinajstić information content (AvgIpc) is 3.72. The highest BCUT2D eigenvalue weighted by Crippen LogP contribution is 2.40. The van der Waals surface area contributed by atoms with Crippen LogP contribution in [-0.4, -0.2) is 40.4 Å². The second kappa shape index (κ2) is 22.6. The molecule has 84 heavy (non-hydrogen) atoms. The van der Waals surface area contributed by atoms with Gasteiger partial charge in [-0.1, -0.05) is 48.5 Å². The lowest BCUT2D eigenvalue weighted by Crippen LogP contribution is -1.89. The summed E-state index contributed by atoms with van der Waals surface area (Å²) < 4.78 is 0. The minimum absolute atomic E-state index is 0.149.